The second-order valence-electron chi connectivity index (χ2n) is 6.52. The van der Waals surface area contributed by atoms with Crippen molar-refractivity contribution >= 4 is 0 Å². The maximum absolute atomic E-state index is 5.85. The van der Waals surface area contributed by atoms with Gasteiger partial charge in [-0.3, -0.25) is 0 Å². The van der Waals surface area contributed by atoms with Gasteiger partial charge in [0.25, 0.3) is 0 Å². The highest BCUT2D eigenvalue weighted by molar-refractivity contribution is 4.92. The maximum Gasteiger partial charge on any atom is 0.0702 e. The van der Waals surface area contributed by atoms with Crippen molar-refractivity contribution in [3.63, 3.8) is 0 Å². The van der Waals surface area contributed by atoms with Gasteiger partial charge in [-0.25, -0.2) is 0 Å². The first-order valence-corrected chi connectivity index (χ1v) is 7.88. The van der Waals surface area contributed by atoms with Crippen molar-refractivity contribution in [2.24, 2.45) is 5.92 Å². The van der Waals surface area contributed by atoms with E-state index in [9.17, 15) is 0 Å². The average Bonchev–Trinajstić information content (AvgIpc) is 3.13. The van der Waals surface area contributed by atoms with Gasteiger partial charge >= 0.3 is 0 Å². The van der Waals surface area contributed by atoms with E-state index < -0.39 is 0 Å². The Bertz CT molecular complexity index is 261. The first-order valence-electron chi connectivity index (χ1n) is 7.88. The van der Waals surface area contributed by atoms with Gasteiger partial charge in [0.15, 0.2) is 0 Å². The molecule has 1 N–H and O–H groups in total. The maximum atomic E-state index is 5.85. The molecular formula is C15H28N2O. The highest BCUT2D eigenvalue weighted by atomic mass is 16.5. The third-order valence-corrected chi connectivity index (χ3v) is 4.96. The first kappa shape index (κ1) is 12.9. The summed E-state index contributed by atoms with van der Waals surface area (Å²) in [6.07, 6.45) is 10.0. The Morgan fingerprint density at radius 2 is 2.00 bits per heavy atom. The van der Waals surface area contributed by atoms with Crippen LogP contribution in [0.15, 0.2) is 0 Å². The number of nitrogens with zero attached hydrogens (tertiary/aromatic N) is 1. The molecule has 0 aromatic carbocycles. The van der Waals surface area contributed by atoms with E-state index in [1.54, 1.807) is 0 Å². The topological polar surface area (TPSA) is 24.5 Å². The minimum absolute atomic E-state index is 0.501. The summed E-state index contributed by atoms with van der Waals surface area (Å²) in [4.78, 5) is 2.57. The molecule has 3 nitrogen and oxygen atoms in total. The van der Waals surface area contributed by atoms with E-state index in [0.717, 1.165) is 31.2 Å². The van der Waals surface area contributed by atoms with Crippen LogP contribution in [0.4, 0.5) is 0 Å². The number of likely N-dealkylation sites (N-methyl/N-ethyl adjacent to an activating group) is 1. The van der Waals surface area contributed by atoms with Crippen molar-refractivity contribution in [1.29, 1.82) is 0 Å². The van der Waals surface area contributed by atoms with Crippen LogP contribution in [0.3, 0.4) is 0 Å². The number of nitrogens with one attached hydrogen (secondary N) is 1. The van der Waals surface area contributed by atoms with Gasteiger partial charge in [-0.1, -0.05) is 0 Å². The molecule has 0 bridgehead atoms. The highest BCUT2D eigenvalue weighted by Gasteiger charge is 2.35. The molecule has 1 heterocycles. The molecule has 2 aliphatic carbocycles. The summed E-state index contributed by atoms with van der Waals surface area (Å²) >= 11 is 0. The Balaban J connectivity index is 1.38. The van der Waals surface area contributed by atoms with Gasteiger partial charge in [-0.05, 0) is 64.5 Å². The van der Waals surface area contributed by atoms with Gasteiger partial charge in [-0.2, -0.15) is 0 Å². The van der Waals surface area contributed by atoms with Crippen molar-refractivity contribution in [3.8, 4) is 0 Å². The van der Waals surface area contributed by atoms with E-state index in [0.29, 0.717) is 6.10 Å². The van der Waals surface area contributed by atoms with E-state index in [4.69, 9.17) is 4.74 Å². The van der Waals surface area contributed by atoms with Gasteiger partial charge in [-0.15, -0.1) is 0 Å². The van der Waals surface area contributed by atoms with Crippen molar-refractivity contribution in [3.05, 3.63) is 0 Å². The van der Waals surface area contributed by atoms with Gasteiger partial charge in [0.05, 0.1) is 6.10 Å². The molecule has 3 atom stereocenters. The number of hydrogen-bond donors (Lipinski definition) is 1. The molecule has 18 heavy (non-hydrogen) atoms. The lowest BCUT2D eigenvalue weighted by atomic mass is 9.78. The fourth-order valence-electron chi connectivity index (χ4n) is 3.38. The SMILES string of the molecule is CN(CC1CCCCO1)C1CCC1CNC1CC1. The van der Waals surface area contributed by atoms with Crippen LogP contribution >= 0.6 is 0 Å². The monoisotopic (exact) mass is 252 g/mol. The van der Waals surface area contributed by atoms with Crippen LogP contribution in [0, 0.1) is 5.92 Å². The van der Waals surface area contributed by atoms with Crippen LogP contribution in [0.1, 0.15) is 44.9 Å². The Labute approximate surface area is 111 Å². The summed E-state index contributed by atoms with van der Waals surface area (Å²) in [6.45, 7) is 3.37. The predicted molar refractivity (Wildman–Crippen MR) is 73.8 cm³/mol. The largest absolute Gasteiger partial charge is 0.377 e. The van der Waals surface area contributed by atoms with Crippen molar-refractivity contribution in [2.75, 3.05) is 26.7 Å². The molecule has 3 unspecified atom stereocenters. The van der Waals surface area contributed by atoms with E-state index in [2.05, 4.69) is 17.3 Å². The lowest BCUT2D eigenvalue weighted by molar-refractivity contribution is -0.0251. The molecule has 0 radical (unpaired) electrons. The second kappa shape index (κ2) is 5.89. The van der Waals surface area contributed by atoms with Gasteiger partial charge in [0.1, 0.15) is 0 Å². The predicted octanol–water partition coefficient (Wildman–Crippen LogP) is 2.02. The molecule has 3 rings (SSSR count). The Kier molecular flexibility index (Phi) is 4.22. The fourth-order valence-corrected chi connectivity index (χ4v) is 3.38. The van der Waals surface area contributed by atoms with Crippen molar-refractivity contribution in [2.45, 2.75) is 63.1 Å². The molecule has 3 heteroatoms. The van der Waals surface area contributed by atoms with Crippen LogP contribution in [0.25, 0.3) is 0 Å². The molecule has 3 fully saturated rings. The summed E-state index contributed by atoms with van der Waals surface area (Å²) in [7, 11) is 2.30. The number of ether oxygens (including phenoxy) is 1. The highest BCUT2D eigenvalue weighted by Crippen LogP contribution is 2.32. The quantitative estimate of drug-likeness (QED) is 0.783. The fraction of sp³-hybridized carbons (Fsp3) is 1.00. The number of hydrogen-bond acceptors (Lipinski definition) is 3. The van der Waals surface area contributed by atoms with Crippen LogP contribution in [-0.2, 0) is 4.74 Å². The van der Waals surface area contributed by atoms with E-state index in [1.807, 2.05) is 0 Å². The summed E-state index contributed by atoms with van der Waals surface area (Å²) in [6, 6.07) is 1.67. The summed E-state index contributed by atoms with van der Waals surface area (Å²) in [5.74, 6) is 0.888. The molecule has 3 aliphatic rings. The third kappa shape index (κ3) is 3.25. The molecule has 0 aromatic heterocycles. The minimum atomic E-state index is 0.501. The smallest absolute Gasteiger partial charge is 0.0702 e. The third-order valence-electron chi connectivity index (χ3n) is 4.96. The Morgan fingerprint density at radius 1 is 1.11 bits per heavy atom. The lowest BCUT2D eigenvalue weighted by Crippen LogP contribution is -2.51. The van der Waals surface area contributed by atoms with Crippen LogP contribution < -0.4 is 5.32 Å². The molecule has 104 valence electrons. The zero-order valence-corrected chi connectivity index (χ0v) is 11.7. The minimum Gasteiger partial charge on any atom is -0.377 e. The normalized spacial score (nSPS) is 36.7. The Morgan fingerprint density at radius 3 is 2.61 bits per heavy atom. The van der Waals surface area contributed by atoms with Gasteiger partial charge in [0, 0.05) is 25.2 Å². The summed E-state index contributed by atoms with van der Waals surface area (Å²) in [5.41, 5.74) is 0. The zero-order chi connectivity index (χ0) is 12.4. The molecule has 1 aliphatic heterocycles. The molecule has 0 spiro atoms. The standard InChI is InChI=1S/C15H28N2O/c1-17(11-14-4-2-3-9-18-14)15-8-5-12(15)10-16-13-6-7-13/h12-16H,2-11H2,1H3. The summed E-state index contributed by atoms with van der Waals surface area (Å²) in [5, 5.41) is 3.69. The van der Waals surface area contributed by atoms with E-state index >= 15 is 0 Å². The van der Waals surface area contributed by atoms with E-state index in [-0.39, 0.29) is 0 Å². The first-order chi connectivity index (χ1) is 8.83. The molecular weight excluding hydrogens is 224 g/mol. The van der Waals surface area contributed by atoms with Crippen molar-refractivity contribution < 1.29 is 4.74 Å². The molecule has 1 saturated heterocycles. The number of rotatable bonds is 6. The lowest BCUT2D eigenvalue weighted by Gasteiger charge is -2.44. The molecule has 2 saturated carbocycles. The zero-order valence-electron chi connectivity index (χ0n) is 11.7. The van der Waals surface area contributed by atoms with Gasteiger partial charge < -0.3 is 15.0 Å². The Hall–Kier alpha value is -0.120. The van der Waals surface area contributed by atoms with Crippen LogP contribution in [0.2, 0.25) is 0 Å². The average molecular weight is 252 g/mol. The van der Waals surface area contributed by atoms with Crippen LogP contribution in [-0.4, -0.2) is 49.8 Å². The van der Waals surface area contributed by atoms with Crippen molar-refractivity contribution in [1.82, 2.24) is 10.2 Å². The second-order valence-corrected chi connectivity index (χ2v) is 6.52. The van der Waals surface area contributed by atoms with Gasteiger partial charge in [0.2, 0.25) is 0 Å². The van der Waals surface area contributed by atoms with E-state index in [1.165, 1.54) is 51.5 Å². The molecule has 0 amide bonds. The summed E-state index contributed by atoms with van der Waals surface area (Å²) < 4.78 is 5.85. The molecule has 0 aromatic rings. The van der Waals surface area contributed by atoms with Crippen LogP contribution in [0.5, 0.6) is 0 Å².